The maximum atomic E-state index is 13.3. The molecule has 0 N–H and O–H groups in total. The van der Waals surface area contributed by atoms with E-state index in [1.165, 1.54) is 12.1 Å². The van der Waals surface area contributed by atoms with Crippen molar-refractivity contribution >= 4 is 23.2 Å². The Balaban J connectivity index is 2.47. The molecule has 6 heteroatoms. The lowest BCUT2D eigenvalue weighted by Crippen LogP contribution is -2.08. The second-order valence-corrected chi connectivity index (χ2v) is 5.28. The minimum atomic E-state index is -0.371. The van der Waals surface area contributed by atoms with Crippen LogP contribution in [0.1, 0.15) is 31.7 Å². The van der Waals surface area contributed by atoms with Crippen molar-refractivity contribution in [2.45, 2.75) is 25.9 Å². The number of hydrogen-bond donors (Lipinski definition) is 0. The van der Waals surface area contributed by atoms with E-state index in [1.54, 1.807) is 19.2 Å². The van der Waals surface area contributed by atoms with Crippen LogP contribution in [0.15, 0.2) is 24.3 Å². The fraction of sp³-hybridized carbons (Fsp3) is 0.333. The van der Waals surface area contributed by atoms with Gasteiger partial charge in [-0.15, -0.1) is 0 Å². The zero-order valence-corrected chi connectivity index (χ0v) is 13.2. The Hall–Kier alpha value is -1.23. The van der Waals surface area contributed by atoms with Crippen molar-refractivity contribution in [3.63, 3.8) is 0 Å². The van der Waals surface area contributed by atoms with Gasteiger partial charge in [-0.1, -0.05) is 48.7 Å². The van der Waals surface area contributed by atoms with Crippen LogP contribution in [0, 0.1) is 5.82 Å². The molecule has 0 aliphatic heterocycles. The molecule has 1 aromatic carbocycles. The Bertz CT molecular complexity index is 614. The highest BCUT2D eigenvalue weighted by atomic mass is 35.5. The number of rotatable bonds is 5. The number of aromatic nitrogens is 2. The minimum Gasteiger partial charge on any atom is -0.373 e. The Labute approximate surface area is 133 Å². The van der Waals surface area contributed by atoms with Crippen molar-refractivity contribution in [2.75, 3.05) is 7.11 Å². The summed E-state index contributed by atoms with van der Waals surface area (Å²) < 4.78 is 18.7. The number of hydrogen-bond acceptors (Lipinski definition) is 3. The number of halogens is 3. The van der Waals surface area contributed by atoms with Gasteiger partial charge in [0.1, 0.15) is 22.2 Å². The quantitative estimate of drug-likeness (QED) is 0.718. The predicted molar refractivity (Wildman–Crippen MR) is 82.1 cm³/mol. The van der Waals surface area contributed by atoms with Crippen LogP contribution in [0.2, 0.25) is 10.3 Å². The fourth-order valence-corrected chi connectivity index (χ4v) is 2.68. The standard InChI is InChI=1S/C15H15Cl2FN2O/c1-3-5-11(21-2)15-19-13(16)12(14(17)20-15)9-6-4-7-10(18)8-9/h4,6-8,11H,3,5H2,1-2H3. The van der Waals surface area contributed by atoms with Gasteiger partial charge in [0.15, 0.2) is 5.82 Å². The SMILES string of the molecule is CCCC(OC)c1nc(Cl)c(-c2cccc(F)c2)c(Cl)n1. The average molecular weight is 329 g/mol. The van der Waals surface area contributed by atoms with Gasteiger partial charge in [-0.2, -0.15) is 0 Å². The number of ether oxygens (including phenoxy) is 1. The predicted octanol–water partition coefficient (Wildman–Crippen LogP) is 5.08. The third-order valence-corrected chi connectivity index (χ3v) is 3.62. The molecular formula is C15H15Cl2FN2O. The van der Waals surface area contributed by atoms with Gasteiger partial charge in [0.05, 0.1) is 5.56 Å². The Morgan fingerprint density at radius 3 is 2.43 bits per heavy atom. The molecule has 1 heterocycles. The van der Waals surface area contributed by atoms with Crippen LogP contribution in [-0.2, 0) is 4.74 Å². The van der Waals surface area contributed by atoms with Gasteiger partial charge in [0, 0.05) is 7.11 Å². The first-order chi connectivity index (χ1) is 10.1. The van der Waals surface area contributed by atoms with E-state index >= 15 is 0 Å². The van der Waals surface area contributed by atoms with Gasteiger partial charge in [0.2, 0.25) is 0 Å². The maximum absolute atomic E-state index is 13.3. The lowest BCUT2D eigenvalue weighted by molar-refractivity contribution is 0.0876. The molecule has 1 atom stereocenters. The van der Waals surface area contributed by atoms with E-state index in [1.807, 2.05) is 6.92 Å². The Kier molecular flexibility index (Phi) is 5.51. The molecule has 0 saturated carbocycles. The summed E-state index contributed by atoms with van der Waals surface area (Å²) in [6.07, 6.45) is 1.43. The second-order valence-electron chi connectivity index (χ2n) is 4.56. The molecule has 0 radical (unpaired) electrons. The molecule has 0 spiro atoms. The molecule has 112 valence electrons. The monoisotopic (exact) mass is 328 g/mol. The molecule has 0 aliphatic carbocycles. The summed E-state index contributed by atoms with van der Waals surface area (Å²) >= 11 is 12.4. The molecule has 0 aliphatic rings. The summed E-state index contributed by atoms with van der Waals surface area (Å²) in [5, 5.41) is 0.377. The molecule has 0 bridgehead atoms. The van der Waals surface area contributed by atoms with E-state index in [0.29, 0.717) is 17.0 Å². The highest BCUT2D eigenvalue weighted by Crippen LogP contribution is 2.34. The topological polar surface area (TPSA) is 35.0 Å². The van der Waals surface area contributed by atoms with E-state index < -0.39 is 0 Å². The summed E-state index contributed by atoms with van der Waals surface area (Å²) in [5.74, 6) is 0.0685. The first kappa shape index (κ1) is 16.1. The minimum absolute atomic E-state index is 0.189. The van der Waals surface area contributed by atoms with Crippen molar-refractivity contribution in [3.8, 4) is 11.1 Å². The van der Waals surface area contributed by atoms with Gasteiger partial charge in [-0.25, -0.2) is 14.4 Å². The first-order valence-electron chi connectivity index (χ1n) is 6.58. The normalized spacial score (nSPS) is 12.4. The van der Waals surface area contributed by atoms with Crippen LogP contribution in [0.4, 0.5) is 4.39 Å². The molecule has 0 amide bonds. The second kappa shape index (κ2) is 7.16. The fourth-order valence-electron chi connectivity index (χ4n) is 2.06. The lowest BCUT2D eigenvalue weighted by atomic mass is 10.1. The van der Waals surface area contributed by atoms with Crippen molar-refractivity contribution < 1.29 is 9.13 Å². The van der Waals surface area contributed by atoms with Crippen LogP contribution in [0.5, 0.6) is 0 Å². The van der Waals surface area contributed by atoms with Gasteiger partial charge in [-0.05, 0) is 24.1 Å². The van der Waals surface area contributed by atoms with Gasteiger partial charge in [0.25, 0.3) is 0 Å². The summed E-state index contributed by atoms with van der Waals surface area (Å²) in [7, 11) is 1.59. The summed E-state index contributed by atoms with van der Waals surface area (Å²) in [5.41, 5.74) is 0.967. The molecule has 1 unspecified atom stereocenters. The molecule has 2 rings (SSSR count). The van der Waals surface area contributed by atoms with E-state index in [9.17, 15) is 4.39 Å². The number of nitrogens with zero attached hydrogens (tertiary/aromatic N) is 2. The van der Waals surface area contributed by atoms with Crippen LogP contribution in [-0.4, -0.2) is 17.1 Å². The summed E-state index contributed by atoms with van der Waals surface area (Å²) in [4.78, 5) is 8.50. The van der Waals surface area contributed by atoms with Crippen molar-refractivity contribution in [3.05, 3.63) is 46.2 Å². The lowest BCUT2D eigenvalue weighted by Gasteiger charge is -2.15. The third-order valence-electron chi connectivity index (χ3n) is 3.07. The molecular weight excluding hydrogens is 314 g/mol. The first-order valence-corrected chi connectivity index (χ1v) is 7.34. The van der Waals surface area contributed by atoms with Gasteiger partial charge >= 0.3 is 0 Å². The van der Waals surface area contributed by atoms with E-state index in [0.717, 1.165) is 12.8 Å². The van der Waals surface area contributed by atoms with E-state index in [2.05, 4.69) is 9.97 Å². The molecule has 21 heavy (non-hydrogen) atoms. The van der Waals surface area contributed by atoms with Crippen molar-refractivity contribution in [2.24, 2.45) is 0 Å². The zero-order valence-electron chi connectivity index (χ0n) is 11.7. The van der Waals surface area contributed by atoms with Gasteiger partial charge < -0.3 is 4.74 Å². The number of methoxy groups -OCH3 is 1. The summed E-state index contributed by atoms with van der Waals surface area (Å²) in [6.45, 7) is 2.04. The summed E-state index contributed by atoms with van der Waals surface area (Å²) in [6, 6.07) is 5.98. The van der Waals surface area contributed by atoms with E-state index in [4.69, 9.17) is 27.9 Å². The van der Waals surface area contributed by atoms with Crippen LogP contribution in [0.25, 0.3) is 11.1 Å². The molecule has 0 saturated heterocycles. The van der Waals surface area contributed by atoms with E-state index in [-0.39, 0.29) is 22.2 Å². The highest BCUT2D eigenvalue weighted by Gasteiger charge is 2.19. The Morgan fingerprint density at radius 2 is 1.90 bits per heavy atom. The number of benzene rings is 1. The largest absolute Gasteiger partial charge is 0.373 e. The van der Waals surface area contributed by atoms with Gasteiger partial charge in [-0.3, -0.25) is 0 Å². The highest BCUT2D eigenvalue weighted by molar-refractivity contribution is 6.37. The van der Waals surface area contributed by atoms with Crippen LogP contribution in [0.3, 0.4) is 0 Å². The van der Waals surface area contributed by atoms with Crippen LogP contribution < -0.4 is 0 Å². The Morgan fingerprint density at radius 1 is 1.24 bits per heavy atom. The molecule has 2 aromatic rings. The third kappa shape index (κ3) is 3.70. The molecule has 1 aromatic heterocycles. The van der Waals surface area contributed by atoms with Crippen molar-refractivity contribution in [1.29, 1.82) is 0 Å². The zero-order chi connectivity index (χ0) is 15.4. The maximum Gasteiger partial charge on any atom is 0.160 e. The molecule has 0 fully saturated rings. The smallest absolute Gasteiger partial charge is 0.160 e. The molecule has 3 nitrogen and oxygen atoms in total. The van der Waals surface area contributed by atoms with Crippen LogP contribution >= 0.6 is 23.2 Å². The average Bonchev–Trinajstić information content (AvgIpc) is 2.44. The van der Waals surface area contributed by atoms with Crippen molar-refractivity contribution in [1.82, 2.24) is 9.97 Å².